The van der Waals surface area contributed by atoms with Gasteiger partial charge < -0.3 is 15.5 Å². The van der Waals surface area contributed by atoms with Crippen LogP contribution in [0.1, 0.15) is 42.2 Å². The molecule has 2 aromatic heterocycles. The fraction of sp³-hybridized carbons (Fsp3) is 0.353. The van der Waals surface area contributed by atoms with Gasteiger partial charge in [-0.15, -0.1) is 23.7 Å². The predicted molar refractivity (Wildman–Crippen MR) is 103 cm³/mol. The Morgan fingerprint density at radius 2 is 2.08 bits per heavy atom. The lowest BCUT2D eigenvalue weighted by Crippen LogP contribution is -2.12. The molecule has 3 rings (SSSR count). The summed E-state index contributed by atoms with van der Waals surface area (Å²) < 4.78 is 5.76. The average Bonchev–Trinajstić information content (AvgIpc) is 3.13. The summed E-state index contributed by atoms with van der Waals surface area (Å²) in [4.78, 5) is 21.1. The summed E-state index contributed by atoms with van der Waals surface area (Å²) in [6, 6.07) is 5.41. The first-order valence-electron chi connectivity index (χ1n) is 7.74. The molecule has 2 heterocycles. The minimum absolute atomic E-state index is 0. The number of halogens is 1. The zero-order valence-corrected chi connectivity index (χ0v) is 16.0. The molecular formula is C17H21ClN4O2S. The van der Waals surface area contributed by atoms with Crippen LogP contribution in [0.15, 0.2) is 28.0 Å². The molecule has 25 heavy (non-hydrogen) atoms. The van der Waals surface area contributed by atoms with Crippen molar-refractivity contribution in [3.05, 3.63) is 40.2 Å². The number of hydrogen-bond donors (Lipinski definition) is 2. The van der Waals surface area contributed by atoms with Gasteiger partial charge in [0.05, 0.1) is 5.01 Å². The second kappa shape index (κ2) is 7.51. The summed E-state index contributed by atoms with van der Waals surface area (Å²) in [5, 5.41) is 5.45. The number of benzene rings is 1. The second-order valence-corrected chi connectivity index (χ2v) is 7.51. The Hall–Kier alpha value is -1.96. The third-order valence-corrected chi connectivity index (χ3v) is 4.34. The molecule has 134 valence electrons. The van der Waals surface area contributed by atoms with Gasteiger partial charge in [-0.25, -0.2) is 9.97 Å². The van der Waals surface area contributed by atoms with Gasteiger partial charge in [-0.3, -0.25) is 4.79 Å². The van der Waals surface area contributed by atoms with E-state index in [-0.39, 0.29) is 23.7 Å². The number of hydrogen-bond acceptors (Lipinski definition) is 6. The highest BCUT2D eigenvalue weighted by molar-refractivity contribution is 7.09. The van der Waals surface area contributed by atoms with Gasteiger partial charge in [0.15, 0.2) is 5.58 Å². The molecule has 0 fully saturated rings. The van der Waals surface area contributed by atoms with E-state index in [2.05, 4.69) is 15.3 Å². The molecule has 0 aliphatic rings. The Morgan fingerprint density at radius 3 is 2.76 bits per heavy atom. The smallest absolute Gasteiger partial charge is 0.275 e. The fourth-order valence-electron chi connectivity index (χ4n) is 2.17. The van der Waals surface area contributed by atoms with Crippen molar-refractivity contribution in [1.82, 2.24) is 9.97 Å². The third-order valence-electron chi connectivity index (χ3n) is 3.43. The van der Waals surface area contributed by atoms with Crippen LogP contribution < -0.4 is 11.1 Å². The second-order valence-electron chi connectivity index (χ2n) is 6.57. The molecule has 0 atom stereocenters. The van der Waals surface area contributed by atoms with Gasteiger partial charge in [0.1, 0.15) is 11.2 Å². The zero-order chi connectivity index (χ0) is 17.3. The molecule has 0 saturated carbocycles. The van der Waals surface area contributed by atoms with Crippen LogP contribution in [-0.2, 0) is 11.8 Å². The van der Waals surface area contributed by atoms with E-state index in [0.29, 0.717) is 35.8 Å². The Balaban J connectivity index is 0.00000225. The summed E-state index contributed by atoms with van der Waals surface area (Å²) in [6.07, 6.45) is 0.679. The normalized spacial score (nSPS) is 11.4. The van der Waals surface area contributed by atoms with E-state index in [1.165, 1.54) is 11.3 Å². The third kappa shape index (κ3) is 4.36. The van der Waals surface area contributed by atoms with Gasteiger partial charge in [-0.05, 0) is 24.7 Å². The number of thiazole rings is 1. The lowest BCUT2D eigenvalue weighted by atomic mass is 9.97. The van der Waals surface area contributed by atoms with Gasteiger partial charge >= 0.3 is 0 Å². The zero-order valence-electron chi connectivity index (χ0n) is 14.3. The number of fused-ring (bicyclic) bond motifs is 1. The Bertz CT molecular complexity index is 882. The molecule has 0 bridgehead atoms. The molecule has 3 N–H and O–H groups in total. The van der Waals surface area contributed by atoms with Crippen LogP contribution in [0, 0.1) is 0 Å². The molecule has 1 aromatic carbocycles. The molecule has 0 unspecified atom stereocenters. The van der Waals surface area contributed by atoms with Crippen LogP contribution in [0.4, 0.5) is 5.69 Å². The first-order valence-corrected chi connectivity index (χ1v) is 8.61. The quantitative estimate of drug-likeness (QED) is 0.718. The molecule has 0 aliphatic heterocycles. The number of carbonyl (C=O) groups is 1. The fourth-order valence-corrected chi connectivity index (χ4v) is 2.97. The van der Waals surface area contributed by atoms with Crippen molar-refractivity contribution in [2.45, 2.75) is 32.6 Å². The van der Waals surface area contributed by atoms with Crippen LogP contribution in [0.5, 0.6) is 0 Å². The minimum Gasteiger partial charge on any atom is -0.440 e. The van der Waals surface area contributed by atoms with Crippen molar-refractivity contribution in [2.24, 2.45) is 5.73 Å². The van der Waals surface area contributed by atoms with Crippen molar-refractivity contribution in [3.8, 4) is 0 Å². The lowest BCUT2D eigenvalue weighted by Gasteiger charge is -2.11. The van der Waals surface area contributed by atoms with E-state index in [1.54, 1.807) is 17.5 Å². The number of aromatic nitrogens is 2. The molecule has 3 aromatic rings. The number of rotatable bonds is 4. The number of nitrogens with two attached hydrogens (primary N) is 1. The van der Waals surface area contributed by atoms with Gasteiger partial charge in [-0.2, -0.15) is 0 Å². The van der Waals surface area contributed by atoms with Crippen molar-refractivity contribution in [3.63, 3.8) is 0 Å². The summed E-state index contributed by atoms with van der Waals surface area (Å²) in [7, 11) is 0. The minimum atomic E-state index is -0.242. The number of nitrogens with zero attached hydrogens (tertiary/aromatic N) is 2. The summed E-state index contributed by atoms with van der Waals surface area (Å²) in [6.45, 7) is 6.65. The first-order chi connectivity index (χ1) is 11.4. The van der Waals surface area contributed by atoms with E-state index < -0.39 is 0 Å². The number of nitrogens with one attached hydrogen (secondary N) is 1. The Kier molecular flexibility index (Phi) is 5.82. The lowest BCUT2D eigenvalue weighted by molar-refractivity contribution is 0.102. The highest BCUT2D eigenvalue weighted by Gasteiger charge is 2.21. The van der Waals surface area contributed by atoms with Crippen molar-refractivity contribution in [2.75, 3.05) is 11.9 Å². The van der Waals surface area contributed by atoms with Crippen molar-refractivity contribution in [1.29, 1.82) is 0 Å². The standard InChI is InChI=1S/C17H20N4O2S.ClH/c1-17(2,3)16-21-11-8-10(4-5-13(11)23-16)19-15(22)12-9-24-14(20-12)6-7-18;/h4-5,8-9H,6-7,18H2,1-3H3,(H,19,22);1H. The molecule has 1 amide bonds. The van der Waals surface area contributed by atoms with Crippen LogP contribution in [0.3, 0.4) is 0 Å². The van der Waals surface area contributed by atoms with Crippen LogP contribution in [-0.4, -0.2) is 22.4 Å². The maximum atomic E-state index is 12.3. The van der Waals surface area contributed by atoms with E-state index >= 15 is 0 Å². The topological polar surface area (TPSA) is 94.0 Å². The number of amides is 1. The van der Waals surface area contributed by atoms with Crippen LogP contribution in [0.2, 0.25) is 0 Å². The SMILES string of the molecule is CC(C)(C)c1nc2cc(NC(=O)c3csc(CCN)n3)ccc2o1.Cl. The molecule has 0 aliphatic carbocycles. The highest BCUT2D eigenvalue weighted by atomic mass is 35.5. The summed E-state index contributed by atoms with van der Waals surface area (Å²) >= 11 is 1.44. The van der Waals surface area contributed by atoms with E-state index in [1.807, 2.05) is 26.8 Å². The van der Waals surface area contributed by atoms with Crippen molar-refractivity contribution >= 4 is 46.4 Å². The highest BCUT2D eigenvalue weighted by Crippen LogP contribution is 2.27. The van der Waals surface area contributed by atoms with Crippen LogP contribution >= 0.6 is 23.7 Å². The van der Waals surface area contributed by atoms with Crippen molar-refractivity contribution < 1.29 is 9.21 Å². The van der Waals surface area contributed by atoms with E-state index in [4.69, 9.17) is 10.2 Å². The molecule has 0 radical (unpaired) electrons. The maximum absolute atomic E-state index is 12.3. The van der Waals surface area contributed by atoms with E-state index in [0.717, 1.165) is 10.5 Å². The largest absolute Gasteiger partial charge is 0.440 e. The Morgan fingerprint density at radius 1 is 1.32 bits per heavy atom. The molecule has 6 nitrogen and oxygen atoms in total. The van der Waals surface area contributed by atoms with Crippen LogP contribution in [0.25, 0.3) is 11.1 Å². The monoisotopic (exact) mass is 380 g/mol. The number of anilines is 1. The maximum Gasteiger partial charge on any atom is 0.275 e. The molecular weight excluding hydrogens is 360 g/mol. The van der Waals surface area contributed by atoms with Gasteiger partial charge in [0, 0.05) is 22.9 Å². The first kappa shape index (κ1) is 19.4. The Labute approximate surface area is 156 Å². The number of carbonyl (C=O) groups excluding carboxylic acids is 1. The molecule has 0 spiro atoms. The van der Waals surface area contributed by atoms with Gasteiger partial charge in [0.2, 0.25) is 5.89 Å². The summed E-state index contributed by atoms with van der Waals surface area (Å²) in [5.74, 6) is 0.431. The van der Waals surface area contributed by atoms with E-state index in [9.17, 15) is 4.79 Å². The molecule has 8 heteroatoms. The van der Waals surface area contributed by atoms with Gasteiger partial charge in [0.25, 0.3) is 5.91 Å². The van der Waals surface area contributed by atoms with Gasteiger partial charge in [-0.1, -0.05) is 20.8 Å². The summed E-state index contributed by atoms with van der Waals surface area (Å²) in [5.41, 5.74) is 7.83. The average molecular weight is 381 g/mol. The number of oxazole rings is 1. The molecule has 0 saturated heterocycles. The predicted octanol–water partition coefficient (Wildman–Crippen LogP) is 3.76.